The van der Waals surface area contributed by atoms with Gasteiger partial charge in [-0.25, -0.2) is 4.79 Å². The van der Waals surface area contributed by atoms with E-state index in [0.29, 0.717) is 47.7 Å². The Kier molecular flexibility index (Phi) is 6.72. The highest BCUT2D eigenvalue weighted by Gasteiger charge is 2.29. The summed E-state index contributed by atoms with van der Waals surface area (Å²) in [5, 5.41) is 5.51. The minimum Gasteiger partial charge on any atom is -0.461 e. The first kappa shape index (κ1) is 22.7. The van der Waals surface area contributed by atoms with Gasteiger partial charge in [-0.05, 0) is 49.4 Å². The number of rotatable bonds is 7. The summed E-state index contributed by atoms with van der Waals surface area (Å²) < 4.78 is 18.4. The van der Waals surface area contributed by atoms with Crippen LogP contribution in [0, 0.1) is 5.92 Å². The second-order valence-corrected chi connectivity index (χ2v) is 9.20. The van der Waals surface area contributed by atoms with E-state index < -0.39 is 0 Å². The molecule has 0 radical (unpaired) electrons. The Morgan fingerprint density at radius 3 is 2.74 bits per heavy atom. The van der Waals surface area contributed by atoms with Crippen LogP contribution in [0.5, 0.6) is 11.5 Å². The first-order valence-electron chi connectivity index (χ1n) is 11.9. The van der Waals surface area contributed by atoms with E-state index in [0.717, 1.165) is 35.2 Å². The second-order valence-electron chi connectivity index (χ2n) is 8.80. The molecule has 0 spiro atoms. The topological polar surface area (TPSA) is 75.5 Å². The van der Waals surface area contributed by atoms with Crippen LogP contribution in [-0.4, -0.2) is 34.1 Å². The molecule has 1 fully saturated rings. The lowest BCUT2D eigenvalue weighted by Gasteiger charge is -2.22. The molecule has 7 nitrogen and oxygen atoms in total. The molecule has 0 N–H and O–H groups in total. The zero-order valence-corrected chi connectivity index (χ0v) is 20.0. The van der Waals surface area contributed by atoms with E-state index in [4.69, 9.17) is 30.9 Å². The average molecular weight is 482 g/mol. The fraction of sp³-hybridized carbons (Fsp3) is 0.423. The fourth-order valence-electron chi connectivity index (χ4n) is 4.86. The van der Waals surface area contributed by atoms with Gasteiger partial charge in [0.05, 0.1) is 12.3 Å². The summed E-state index contributed by atoms with van der Waals surface area (Å²) in [6, 6.07) is 7.47. The summed E-state index contributed by atoms with van der Waals surface area (Å²) in [6.07, 6.45) is 9.90. The second kappa shape index (κ2) is 10.1. The molecule has 0 atom stereocenters. The van der Waals surface area contributed by atoms with Crippen LogP contribution in [0.4, 0.5) is 0 Å². The van der Waals surface area contributed by atoms with E-state index in [9.17, 15) is 4.79 Å². The summed E-state index contributed by atoms with van der Waals surface area (Å²) in [7, 11) is 0. The summed E-state index contributed by atoms with van der Waals surface area (Å²) >= 11 is 6.62. The van der Waals surface area contributed by atoms with Gasteiger partial charge in [-0.15, -0.1) is 0 Å². The van der Waals surface area contributed by atoms with Crippen LogP contribution in [0.1, 0.15) is 60.6 Å². The van der Waals surface area contributed by atoms with Gasteiger partial charge >= 0.3 is 5.97 Å². The maximum atomic E-state index is 13.3. The van der Waals surface area contributed by atoms with Crippen molar-refractivity contribution in [3.63, 3.8) is 0 Å². The number of carbonyl (C=O) groups is 1. The maximum Gasteiger partial charge on any atom is 0.356 e. The minimum atomic E-state index is -0.368. The van der Waals surface area contributed by atoms with Gasteiger partial charge in [0, 0.05) is 47.6 Å². The Bertz CT molecular complexity index is 1170. The Balaban J connectivity index is 1.62. The molecule has 1 aliphatic carbocycles. The largest absolute Gasteiger partial charge is 0.461 e. The van der Waals surface area contributed by atoms with E-state index in [1.165, 1.54) is 19.3 Å². The Labute approximate surface area is 204 Å². The van der Waals surface area contributed by atoms with Crippen LogP contribution in [0.25, 0.3) is 11.3 Å². The molecule has 5 rings (SSSR count). The molecular formula is C26H28ClN3O4. The van der Waals surface area contributed by atoms with Crippen LogP contribution < -0.4 is 9.47 Å². The zero-order valence-electron chi connectivity index (χ0n) is 19.3. The van der Waals surface area contributed by atoms with E-state index in [2.05, 4.69) is 4.98 Å². The minimum absolute atomic E-state index is 0.170. The molecule has 0 amide bonds. The Hall–Kier alpha value is -3.06. The molecule has 3 aromatic rings. The lowest BCUT2D eigenvalue weighted by Crippen LogP contribution is -2.20. The number of pyridine rings is 1. The normalized spacial score (nSPS) is 15.5. The number of benzene rings is 1. The highest BCUT2D eigenvalue weighted by molar-refractivity contribution is 6.31. The number of ether oxygens (including phenoxy) is 3. The van der Waals surface area contributed by atoms with Gasteiger partial charge in [0.25, 0.3) is 0 Å². The number of hydrogen-bond donors (Lipinski definition) is 0. The van der Waals surface area contributed by atoms with Gasteiger partial charge in [0.15, 0.2) is 17.2 Å². The number of halogens is 1. The molecule has 1 aliphatic heterocycles. The van der Waals surface area contributed by atoms with Gasteiger partial charge in [0.2, 0.25) is 6.79 Å². The predicted octanol–water partition coefficient (Wildman–Crippen LogP) is 5.68. The van der Waals surface area contributed by atoms with Crippen molar-refractivity contribution in [2.45, 2.75) is 52.0 Å². The molecule has 0 unspecified atom stereocenters. The van der Waals surface area contributed by atoms with E-state index >= 15 is 0 Å². The highest BCUT2D eigenvalue weighted by Crippen LogP contribution is 2.39. The van der Waals surface area contributed by atoms with Crippen LogP contribution in [0.2, 0.25) is 5.02 Å². The number of fused-ring (bicyclic) bond motifs is 1. The zero-order chi connectivity index (χ0) is 23.5. The van der Waals surface area contributed by atoms with E-state index in [1.807, 2.05) is 29.8 Å². The fourth-order valence-corrected chi connectivity index (χ4v) is 5.08. The molecule has 178 valence electrons. The quantitative estimate of drug-likeness (QED) is 0.404. The number of nitrogens with zero attached hydrogens (tertiary/aromatic N) is 3. The van der Waals surface area contributed by atoms with E-state index in [-0.39, 0.29) is 12.8 Å². The average Bonchev–Trinajstić information content (AvgIpc) is 3.45. The smallest absolute Gasteiger partial charge is 0.356 e. The Morgan fingerprint density at radius 2 is 2.00 bits per heavy atom. The van der Waals surface area contributed by atoms with Gasteiger partial charge < -0.3 is 14.2 Å². The van der Waals surface area contributed by atoms with Crippen LogP contribution in [0.15, 0.2) is 36.7 Å². The summed E-state index contributed by atoms with van der Waals surface area (Å²) in [5.41, 5.74) is 3.67. The highest BCUT2D eigenvalue weighted by atomic mass is 35.5. The van der Waals surface area contributed by atoms with Crippen molar-refractivity contribution in [1.29, 1.82) is 0 Å². The number of carbonyl (C=O) groups excluding carboxylic acids is 1. The standard InChI is InChI=1S/C26H28ClN3O4/c1-2-32-26(31)25-20(11-19-12-22-23(13-21(19)27)34-16-33-22)24(18-9-6-10-28-14-18)29-30(25)15-17-7-4-3-5-8-17/h6,9-10,12-14,17H,2-5,7-8,11,15-16H2,1H3. The molecule has 1 aromatic carbocycles. The van der Waals surface area contributed by atoms with Crippen molar-refractivity contribution >= 4 is 17.6 Å². The monoisotopic (exact) mass is 481 g/mol. The molecule has 2 aromatic heterocycles. The molecule has 1 saturated carbocycles. The molecule has 2 aliphatic rings. The molecule has 0 bridgehead atoms. The van der Waals surface area contributed by atoms with Crippen LogP contribution in [-0.2, 0) is 17.7 Å². The third kappa shape index (κ3) is 4.62. The van der Waals surface area contributed by atoms with Crippen LogP contribution >= 0.6 is 11.6 Å². The van der Waals surface area contributed by atoms with Gasteiger partial charge in [-0.1, -0.05) is 30.9 Å². The van der Waals surface area contributed by atoms with Crippen molar-refractivity contribution in [3.8, 4) is 22.8 Å². The van der Waals surface area contributed by atoms with Crippen molar-refractivity contribution in [2.75, 3.05) is 13.4 Å². The summed E-state index contributed by atoms with van der Waals surface area (Å²) in [4.78, 5) is 17.5. The molecule has 34 heavy (non-hydrogen) atoms. The third-order valence-electron chi connectivity index (χ3n) is 6.52. The maximum absolute atomic E-state index is 13.3. The van der Waals surface area contributed by atoms with Gasteiger partial charge in [-0.2, -0.15) is 5.10 Å². The van der Waals surface area contributed by atoms with Gasteiger partial charge in [0.1, 0.15) is 0 Å². The molecular weight excluding hydrogens is 454 g/mol. The first-order chi connectivity index (χ1) is 16.6. The van der Waals surface area contributed by atoms with Crippen molar-refractivity contribution in [1.82, 2.24) is 14.8 Å². The third-order valence-corrected chi connectivity index (χ3v) is 6.87. The van der Waals surface area contributed by atoms with Crippen molar-refractivity contribution < 1.29 is 19.0 Å². The van der Waals surface area contributed by atoms with Crippen LogP contribution in [0.3, 0.4) is 0 Å². The lowest BCUT2D eigenvalue weighted by atomic mass is 9.89. The number of hydrogen-bond acceptors (Lipinski definition) is 6. The SMILES string of the molecule is CCOC(=O)c1c(Cc2cc3c(cc2Cl)OCO3)c(-c2cccnc2)nn1CC1CCCCC1. The molecule has 0 saturated heterocycles. The number of aromatic nitrogens is 3. The van der Waals surface area contributed by atoms with E-state index in [1.54, 1.807) is 18.5 Å². The summed E-state index contributed by atoms with van der Waals surface area (Å²) in [6.45, 7) is 2.97. The summed E-state index contributed by atoms with van der Waals surface area (Å²) in [5.74, 6) is 1.40. The number of esters is 1. The lowest BCUT2D eigenvalue weighted by molar-refractivity contribution is 0.0508. The Morgan fingerprint density at radius 1 is 1.21 bits per heavy atom. The van der Waals surface area contributed by atoms with Crippen molar-refractivity contribution in [2.24, 2.45) is 5.92 Å². The predicted molar refractivity (Wildman–Crippen MR) is 128 cm³/mol. The van der Waals surface area contributed by atoms with Gasteiger partial charge in [-0.3, -0.25) is 9.67 Å². The molecule has 8 heteroatoms. The first-order valence-corrected chi connectivity index (χ1v) is 12.3. The molecule has 3 heterocycles. The van der Waals surface area contributed by atoms with Crippen molar-refractivity contribution in [3.05, 3.63) is 58.5 Å².